The number of rotatable bonds is 4. The van der Waals surface area contributed by atoms with Crippen LogP contribution >= 0.6 is 15.9 Å². The molecule has 5 nitrogen and oxygen atoms in total. The van der Waals surface area contributed by atoms with Crippen LogP contribution in [-0.2, 0) is 0 Å². The van der Waals surface area contributed by atoms with E-state index in [0.717, 1.165) is 6.07 Å². The Morgan fingerprint density at radius 3 is 2.60 bits per heavy atom. The summed E-state index contributed by atoms with van der Waals surface area (Å²) in [5, 5.41) is 13.4. The van der Waals surface area contributed by atoms with Crippen LogP contribution in [0.5, 0.6) is 0 Å². The van der Waals surface area contributed by atoms with Crippen molar-refractivity contribution in [1.29, 1.82) is 0 Å². The number of halogens is 3. The Morgan fingerprint density at radius 2 is 2.05 bits per heavy atom. The molecule has 1 aromatic carbocycles. The van der Waals surface area contributed by atoms with E-state index in [-0.39, 0.29) is 0 Å². The fourth-order valence-corrected chi connectivity index (χ4v) is 2.00. The van der Waals surface area contributed by atoms with Crippen molar-refractivity contribution < 1.29 is 18.1 Å². The van der Waals surface area contributed by atoms with Crippen molar-refractivity contribution in [1.82, 2.24) is 0 Å². The molecule has 0 aliphatic heterocycles. The molecule has 0 saturated carbocycles. The molecule has 106 valence electrons. The number of furan rings is 1. The first-order valence-corrected chi connectivity index (χ1v) is 6.33. The molecule has 0 aliphatic rings. The molecule has 1 N–H and O–H groups in total. The summed E-state index contributed by atoms with van der Waals surface area (Å²) in [5.74, 6) is -2.03. The van der Waals surface area contributed by atoms with E-state index in [4.69, 9.17) is 4.42 Å². The fraction of sp³-hybridized carbons (Fsp3) is 0.167. The predicted molar refractivity (Wildman–Crippen MR) is 71.5 cm³/mol. The summed E-state index contributed by atoms with van der Waals surface area (Å²) in [6.07, 6.45) is 0. The average Bonchev–Trinajstić information content (AvgIpc) is 2.81. The van der Waals surface area contributed by atoms with Crippen LogP contribution in [0.4, 0.5) is 20.2 Å². The maximum absolute atomic E-state index is 13.7. The van der Waals surface area contributed by atoms with Gasteiger partial charge in [-0.15, -0.1) is 0 Å². The molecule has 8 heteroatoms. The molecular weight excluding hydrogens is 338 g/mol. The van der Waals surface area contributed by atoms with E-state index in [1.54, 1.807) is 19.1 Å². The Bertz CT molecular complexity index is 660. The Morgan fingerprint density at radius 1 is 1.35 bits per heavy atom. The molecule has 0 fully saturated rings. The van der Waals surface area contributed by atoms with Gasteiger partial charge in [0.2, 0.25) is 0 Å². The minimum Gasteiger partial charge on any atom is -0.452 e. The largest absolute Gasteiger partial charge is 0.452 e. The van der Waals surface area contributed by atoms with Gasteiger partial charge in [-0.2, -0.15) is 0 Å². The normalized spacial score (nSPS) is 12.2. The Kier molecular flexibility index (Phi) is 4.03. The number of hydrogen-bond acceptors (Lipinski definition) is 4. The van der Waals surface area contributed by atoms with Crippen LogP contribution in [0.2, 0.25) is 0 Å². The highest BCUT2D eigenvalue weighted by Gasteiger charge is 2.24. The van der Waals surface area contributed by atoms with Crippen LogP contribution in [0.1, 0.15) is 18.7 Å². The summed E-state index contributed by atoms with van der Waals surface area (Å²) in [4.78, 5) is 10.1. The maximum Gasteiger partial charge on any atom is 0.295 e. The van der Waals surface area contributed by atoms with Gasteiger partial charge < -0.3 is 9.73 Å². The first-order valence-electron chi connectivity index (χ1n) is 5.54. The number of nitrogens with one attached hydrogen (secondary N) is 1. The van der Waals surface area contributed by atoms with Gasteiger partial charge in [-0.25, -0.2) is 8.78 Å². The van der Waals surface area contributed by atoms with Crippen molar-refractivity contribution in [2.45, 2.75) is 13.0 Å². The third kappa shape index (κ3) is 2.79. The first-order chi connectivity index (χ1) is 9.40. The van der Waals surface area contributed by atoms with Crippen molar-refractivity contribution in [3.05, 3.63) is 56.4 Å². The number of nitro benzene ring substituents is 1. The standard InChI is InChI=1S/C12H9BrF2N2O3/c1-6(9-4-5-10(13)20-9)16-12-8(17(18)19)3-2-7(14)11(12)15/h2-6,16H,1H3. The molecule has 0 radical (unpaired) electrons. The van der Waals surface area contributed by atoms with Gasteiger partial charge >= 0.3 is 0 Å². The van der Waals surface area contributed by atoms with E-state index in [1.165, 1.54) is 0 Å². The number of benzene rings is 1. The van der Waals surface area contributed by atoms with E-state index in [1.807, 2.05) is 0 Å². The molecule has 1 aromatic heterocycles. The number of anilines is 1. The van der Waals surface area contributed by atoms with Crippen LogP contribution in [0.25, 0.3) is 0 Å². The summed E-state index contributed by atoms with van der Waals surface area (Å²) in [6, 6.07) is 4.30. The van der Waals surface area contributed by atoms with Crippen LogP contribution in [-0.4, -0.2) is 4.92 Å². The average molecular weight is 347 g/mol. The number of hydrogen-bond donors (Lipinski definition) is 1. The van der Waals surface area contributed by atoms with Crippen LogP contribution in [0.3, 0.4) is 0 Å². The molecule has 0 spiro atoms. The van der Waals surface area contributed by atoms with E-state index in [9.17, 15) is 18.9 Å². The molecule has 2 rings (SSSR count). The third-order valence-electron chi connectivity index (χ3n) is 2.65. The molecule has 20 heavy (non-hydrogen) atoms. The molecule has 1 atom stereocenters. The van der Waals surface area contributed by atoms with Gasteiger partial charge in [0, 0.05) is 6.07 Å². The lowest BCUT2D eigenvalue weighted by Gasteiger charge is -2.13. The summed E-state index contributed by atoms with van der Waals surface area (Å²) in [7, 11) is 0. The van der Waals surface area contributed by atoms with Crippen molar-refractivity contribution >= 4 is 27.3 Å². The van der Waals surface area contributed by atoms with E-state index in [2.05, 4.69) is 21.2 Å². The molecule has 1 unspecified atom stereocenters. The van der Waals surface area contributed by atoms with Gasteiger partial charge in [-0.3, -0.25) is 10.1 Å². The number of nitrogens with zero attached hydrogens (tertiary/aromatic N) is 1. The molecule has 0 saturated heterocycles. The van der Waals surface area contributed by atoms with Gasteiger partial charge in [-0.05, 0) is 41.1 Å². The summed E-state index contributed by atoms with van der Waals surface area (Å²) >= 11 is 3.11. The second-order valence-corrected chi connectivity index (χ2v) is 4.80. The van der Waals surface area contributed by atoms with Gasteiger partial charge in [0.25, 0.3) is 5.69 Å². The summed E-state index contributed by atoms with van der Waals surface area (Å²) < 4.78 is 32.7. The Labute approximate surface area is 120 Å². The second-order valence-electron chi connectivity index (χ2n) is 4.02. The fourth-order valence-electron chi connectivity index (χ4n) is 1.68. The van der Waals surface area contributed by atoms with E-state index < -0.39 is 34.0 Å². The second kappa shape index (κ2) is 5.58. The van der Waals surface area contributed by atoms with E-state index >= 15 is 0 Å². The van der Waals surface area contributed by atoms with Gasteiger partial charge in [0.1, 0.15) is 5.76 Å². The molecule has 1 heterocycles. The maximum atomic E-state index is 13.7. The quantitative estimate of drug-likeness (QED) is 0.657. The monoisotopic (exact) mass is 346 g/mol. The third-order valence-corrected chi connectivity index (χ3v) is 3.08. The topological polar surface area (TPSA) is 68.3 Å². The minimum absolute atomic E-state index is 0.426. The SMILES string of the molecule is CC(Nc1c([N+](=O)[O-])ccc(F)c1F)c1ccc(Br)o1. The lowest BCUT2D eigenvalue weighted by atomic mass is 10.2. The van der Waals surface area contributed by atoms with Gasteiger partial charge in [0.15, 0.2) is 22.0 Å². The Hall–Kier alpha value is -1.96. The smallest absolute Gasteiger partial charge is 0.295 e. The van der Waals surface area contributed by atoms with Crippen molar-refractivity contribution in [3.8, 4) is 0 Å². The van der Waals surface area contributed by atoms with Crippen molar-refractivity contribution in [2.75, 3.05) is 5.32 Å². The lowest BCUT2D eigenvalue weighted by molar-refractivity contribution is -0.384. The highest BCUT2D eigenvalue weighted by Crippen LogP contribution is 2.32. The Balaban J connectivity index is 2.37. The van der Waals surface area contributed by atoms with Gasteiger partial charge in [-0.1, -0.05) is 0 Å². The summed E-state index contributed by atoms with van der Waals surface area (Å²) in [6.45, 7) is 1.61. The zero-order chi connectivity index (χ0) is 14.9. The van der Waals surface area contributed by atoms with Crippen molar-refractivity contribution in [2.24, 2.45) is 0 Å². The lowest BCUT2D eigenvalue weighted by Crippen LogP contribution is -2.10. The number of nitro groups is 1. The van der Waals surface area contributed by atoms with Gasteiger partial charge in [0.05, 0.1) is 11.0 Å². The molecular formula is C12H9BrF2N2O3. The molecule has 0 amide bonds. The van der Waals surface area contributed by atoms with Crippen LogP contribution in [0.15, 0.2) is 33.4 Å². The zero-order valence-electron chi connectivity index (χ0n) is 10.2. The molecule has 2 aromatic rings. The van der Waals surface area contributed by atoms with E-state index in [0.29, 0.717) is 16.5 Å². The predicted octanol–water partition coefficient (Wildman–Crippen LogP) is 4.40. The zero-order valence-corrected chi connectivity index (χ0v) is 11.8. The molecule has 0 aliphatic carbocycles. The van der Waals surface area contributed by atoms with Crippen LogP contribution in [0, 0.1) is 21.7 Å². The highest BCUT2D eigenvalue weighted by molar-refractivity contribution is 9.10. The van der Waals surface area contributed by atoms with Crippen molar-refractivity contribution in [3.63, 3.8) is 0 Å². The van der Waals surface area contributed by atoms with Crippen LogP contribution < -0.4 is 5.32 Å². The first kappa shape index (κ1) is 14.4. The summed E-state index contributed by atoms with van der Waals surface area (Å²) in [5.41, 5.74) is -1.05. The highest BCUT2D eigenvalue weighted by atomic mass is 79.9. The minimum atomic E-state index is -1.29. The molecule has 0 bridgehead atoms.